The van der Waals surface area contributed by atoms with Gasteiger partial charge in [0.15, 0.2) is 0 Å². The monoisotopic (exact) mass is 260 g/mol. The predicted octanol–water partition coefficient (Wildman–Crippen LogP) is -1.01. The predicted molar refractivity (Wildman–Crippen MR) is 63.3 cm³/mol. The van der Waals surface area contributed by atoms with Gasteiger partial charge in [0.2, 0.25) is 0 Å². The zero-order valence-electron chi connectivity index (χ0n) is 10.6. The third kappa shape index (κ3) is 4.25. The molecule has 0 bridgehead atoms. The molecule has 1 saturated heterocycles. The van der Waals surface area contributed by atoms with E-state index in [4.69, 9.17) is 4.74 Å². The van der Waals surface area contributed by atoms with Gasteiger partial charge in [-0.1, -0.05) is 0 Å². The van der Waals surface area contributed by atoms with Crippen LogP contribution in [0.5, 0.6) is 0 Å². The Hall–Kier alpha value is -1.18. The third-order valence-corrected chi connectivity index (χ3v) is 3.02. The second-order valence-electron chi connectivity index (χ2n) is 4.25. The van der Waals surface area contributed by atoms with Crippen LogP contribution in [0.2, 0.25) is 0 Å². The minimum absolute atomic E-state index is 0.335. The van der Waals surface area contributed by atoms with Crippen molar-refractivity contribution in [3.05, 3.63) is 0 Å². The second-order valence-corrected chi connectivity index (χ2v) is 4.25. The average molecular weight is 260 g/mol. The number of aliphatic hydroxyl groups is 1. The molecule has 0 radical (unpaired) electrons. The number of aliphatic hydroxyl groups excluding tert-OH is 1. The molecule has 0 aromatic rings. The van der Waals surface area contributed by atoms with Crippen LogP contribution in [0.4, 0.5) is 4.79 Å². The van der Waals surface area contributed by atoms with Gasteiger partial charge in [0.25, 0.3) is 0 Å². The lowest BCUT2D eigenvalue weighted by Crippen LogP contribution is -2.54. The number of amides is 1. The molecule has 1 unspecified atom stereocenters. The molecule has 0 aromatic carbocycles. The summed E-state index contributed by atoms with van der Waals surface area (Å²) in [6.45, 7) is 3.06. The highest BCUT2D eigenvalue weighted by atomic mass is 16.5. The van der Waals surface area contributed by atoms with Gasteiger partial charge >= 0.3 is 6.09 Å². The molecule has 0 saturated carbocycles. The van der Waals surface area contributed by atoms with Crippen molar-refractivity contribution in [2.75, 3.05) is 46.6 Å². The van der Waals surface area contributed by atoms with E-state index >= 15 is 0 Å². The number of morpholine rings is 1. The minimum atomic E-state index is -1.27. The number of ether oxygens (including phenoxy) is 2. The standard InChI is InChI=1S/C11H20N2O5/c1-17-10(16)12-11(8-14,9-15)2-3-13-4-6-18-7-5-13/h8,15H,2-7,9H2,1H3,(H,12,16). The summed E-state index contributed by atoms with van der Waals surface area (Å²) in [5.41, 5.74) is -1.27. The molecule has 0 spiro atoms. The Kier molecular flexibility index (Phi) is 6.03. The van der Waals surface area contributed by atoms with Crippen molar-refractivity contribution in [3.8, 4) is 0 Å². The molecule has 1 amide bonds. The molecule has 1 fully saturated rings. The highest BCUT2D eigenvalue weighted by Gasteiger charge is 2.32. The Labute approximate surface area is 106 Å². The maximum Gasteiger partial charge on any atom is 0.407 e. The lowest BCUT2D eigenvalue weighted by atomic mass is 9.98. The van der Waals surface area contributed by atoms with Gasteiger partial charge in [-0.2, -0.15) is 0 Å². The van der Waals surface area contributed by atoms with E-state index in [2.05, 4.69) is 15.0 Å². The summed E-state index contributed by atoms with van der Waals surface area (Å²) in [5, 5.41) is 11.7. The minimum Gasteiger partial charge on any atom is -0.453 e. The van der Waals surface area contributed by atoms with Crippen LogP contribution in [-0.4, -0.2) is 74.5 Å². The first-order valence-corrected chi connectivity index (χ1v) is 5.89. The van der Waals surface area contributed by atoms with E-state index in [1.54, 1.807) is 0 Å². The molecular formula is C11H20N2O5. The number of nitrogens with one attached hydrogen (secondary N) is 1. The van der Waals surface area contributed by atoms with Crippen molar-refractivity contribution < 1.29 is 24.2 Å². The quantitative estimate of drug-likeness (QED) is 0.595. The van der Waals surface area contributed by atoms with Crippen molar-refractivity contribution in [1.29, 1.82) is 0 Å². The first kappa shape index (κ1) is 14.9. The Morgan fingerprint density at radius 1 is 1.56 bits per heavy atom. The van der Waals surface area contributed by atoms with Crippen LogP contribution in [0.1, 0.15) is 6.42 Å². The number of hydrogen-bond donors (Lipinski definition) is 2. The lowest BCUT2D eigenvalue weighted by Gasteiger charge is -2.31. The van der Waals surface area contributed by atoms with E-state index in [1.165, 1.54) is 7.11 Å². The smallest absolute Gasteiger partial charge is 0.407 e. The van der Waals surface area contributed by atoms with Gasteiger partial charge < -0.3 is 24.7 Å². The number of carbonyl (C=O) groups is 2. The third-order valence-electron chi connectivity index (χ3n) is 3.02. The van der Waals surface area contributed by atoms with Gasteiger partial charge in [-0.15, -0.1) is 0 Å². The Morgan fingerprint density at radius 2 is 2.22 bits per heavy atom. The summed E-state index contributed by atoms with van der Waals surface area (Å²) in [5.74, 6) is 0. The first-order chi connectivity index (χ1) is 8.65. The van der Waals surface area contributed by atoms with Crippen LogP contribution in [0.25, 0.3) is 0 Å². The fraction of sp³-hybridized carbons (Fsp3) is 0.818. The zero-order valence-corrected chi connectivity index (χ0v) is 10.6. The lowest BCUT2D eigenvalue weighted by molar-refractivity contribution is -0.115. The van der Waals surface area contributed by atoms with Crippen molar-refractivity contribution in [3.63, 3.8) is 0 Å². The van der Waals surface area contributed by atoms with Crippen LogP contribution < -0.4 is 5.32 Å². The topological polar surface area (TPSA) is 88.1 Å². The Balaban J connectivity index is 2.49. The summed E-state index contributed by atoms with van der Waals surface area (Å²) in [7, 11) is 1.21. The van der Waals surface area contributed by atoms with Crippen LogP contribution in [0, 0.1) is 0 Å². The van der Waals surface area contributed by atoms with Crippen LogP contribution in [-0.2, 0) is 14.3 Å². The highest BCUT2D eigenvalue weighted by molar-refractivity contribution is 5.76. The Bertz CT molecular complexity index is 281. The molecular weight excluding hydrogens is 240 g/mol. The summed E-state index contributed by atoms with van der Waals surface area (Å²) >= 11 is 0. The van der Waals surface area contributed by atoms with Gasteiger partial charge in [0.1, 0.15) is 11.8 Å². The van der Waals surface area contributed by atoms with Gasteiger partial charge in [-0.05, 0) is 6.42 Å². The van der Waals surface area contributed by atoms with E-state index in [-0.39, 0.29) is 0 Å². The highest BCUT2D eigenvalue weighted by Crippen LogP contribution is 2.10. The molecule has 1 rings (SSSR count). The molecule has 1 aliphatic heterocycles. The molecule has 7 nitrogen and oxygen atoms in total. The molecule has 0 aromatic heterocycles. The number of alkyl carbamates (subject to hydrolysis) is 1. The molecule has 104 valence electrons. The number of methoxy groups -OCH3 is 1. The Morgan fingerprint density at radius 3 is 2.72 bits per heavy atom. The van der Waals surface area contributed by atoms with Crippen molar-refractivity contribution in [2.45, 2.75) is 12.0 Å². The molecule has 18 heavy (non-hydrogen) atoms. The molecule has 0 aliphatic carbocycles. The van der Waals surface area contributed by atoms with Crippen molar-refractivity contribution in [1.82, 2.24) is 10.2 Å². The number of carbonyl (C=O) groups excluding carboxylic acids is 2. The van der Waals surface area contributed by atoms with Gasteiger partial charge in [-0.25, -0.2) is 4.79 Å². The molecule has 7 heteroatoms. The number of aldehydes is 1. The average Bonchev–Trinajstić information content (AvgIpc) is 2.44. The molecule has 1 heterocycles. The summed E-state index contributed by atoms with van der Waals surface area (Å²) in [6.07, 6.45) is 0.171. The number of hydrogen-bond acceptors (Lipinski definition) is 6. The summed E-state index contributed by atoms with van der Waals surface area (Å²) in [4.78, 5) is 24.4. The van der Waals surface area contributed by atoms with E-state index in [9.17, 15) is 14.7 Å². The maximum absolute atomic E-state index is 11.2. The van der Waals surface area contributed by atoms with E-state index in [0.717, 1.165) is 13.1 Å². The summed E-state index contributed by atoms with van der Waals surface area (Å²) in [6, 6.07) is 0. The SMILES string of the molecule is COC(=O)NC(C=O)(CO)CCN1CCOCC1. The number of rotatable bonds is 6. The van der Waals surface area contributed by atoms with E-state index in [1.807, 2.05) is 0 Å². The van der Waals surface area contributed by atoms with Gasteiger partial charge in [0, 0.05) is 19.6 Å². The number of nitrogens with zero attached hydrogens (tertiary/aromatic N) is 1. The fourth-order valence-corrected chi connectivity index (χ4v) is 1.74. The first-order valence-electron chi connectivity index (χ1n) is 5.89. The van der Waals surface area contributed by atoms with Crippen LogP contribution in [0.15, 0.2) is 0 Å². The largest absolute Gasteiger partial charge is 0.453 e. The van der Waals surface area contributed by atoms with Crippen molar-refractivity contribution in [2.24, 2.45) is 0 Å². The van der Waals surface area contributed by atoms with Gasteiger partial charge in [-0.3, -0.25) is 4.90 Å². The molecule has 1 aliphatic rings. The summed E-state index contributed by atoms with van der Waals surface area (Å²) < 4.78 is 9.66. The van der Waals surface area contributed by atoms with Crippen molar-refractivity contribution >= 4 is 12.4 Å². The zero-order chi connectivity index (χ0) is 13.4. The van der Waals surface area contributed by atoms with E-state index in [0.29, 0.717) is 32.5 Å². The molecule has 2 N–H and O–H groups in total. The van der Waals surface area contributed by atoms with Crippen LogP contribution >= 0.6 is 0 Å². The van der Waals surface area contributed by atoms with Gasteiger partial charge in [0.05, 0.1) is 26.9 Å². The second kappa shape index (κ2) is 7.30. The van der Waals surface area contributed by atoms with Crippen LogP contribution in [0.3, 0.4) is 0 Å². The normalized spacial score (nSPS) is 19.9. The maximum atomic E-state index is 11.2. The fourth-order valence-electron chi connectivity index (χ4n) is 1.74. The molecule has 1 atom stereocenters. The van der Waals surface area contributed by atoms with E-state index < -0.39 is 18.2 Å².